The van der Waals surface area contributed by atoms with Gasteiger partial charge in [0.1, 0.15) is 0 Å². The second kappa shape index (κ2) is 7.17. The third-order valence-electron chi connectivity index (χ3n) is 7.91. The van der Waals surface area contributed by atoms with Gasteiger partial charge in [-0.2, -0.15) is 0 Å². The maximum Gasteiger partial charge on any atom is 0.0544 e. The largest absolute Gasteiger partial charge is 0.391 e. The molecule has 4 heteroatoms. The van der Waals surface area contributed by atoms with Gasteiger partial charge in [0.05, 0.1) is 5.41 Å². The van der Waals surface area contributed by atoms with Crippen molar-refractivity contribution in [3.05, 3.63) is 94.7 Å². The lowest BCUT2D eigenvalue weighted by Crippen LogP contribution is -2.34. The maximum atomic E-state index is 3.44. The first-order valence-electron chi connectivity index (χ1n) is 11.7. The van der Waals surface area contributed by atoms with Gasteiger partial charge in [-0.25, -0.2) is 0 Å². The number of allylic oxidation sites excluding steroid dienone is 4. The molecule has 0 heterocycles. The van der Waals surface area contributed by atoms with Gasteiger partial charge in [0, 0.05) is 56.9 Å². The third kappa shape index (κ3) is 2.52. The summed E-state index contributed by atoms with van der Waals surface area (Å²) < 4.78 is 0. The average molecular weight is 435 g/mol. The molecule has 0 aromatic heterocycles. The van der Waals surface area contributed by atoms with Crippen LogP contribution in [-0.4, -0.2) is 28.2 Å². The molecule has 3 aromatic carbocycles. The van der Waals surface area contributed by atoms with Crippen molar-refractivity contribution in [3.63, 3.8) is 0 Å². The molecule has 3 aromatic rings. The molecule has 0 bridgehead atoms. The molecule has 0 radical (unpaired) electrons. The van der Waals surface area contributed by atoms with Crippen LogP contribution < -0.4 is 21.3 Å². The van der Waals surface area contributed by atoms with Crippen molar-refractivity contribution in [2.75, 3.05) is 44.1 Å². The number of fused-ring (bicyclic) bond motifs is 10. The molecule has 4 N–H and O–H groups in total. The maximum absolute atomic E-state index is 3.44. The van der Waals surface area contributed by atoms with Gasteiger partial charge < -0.3 is 21.3 Å². The van der Waals surface area contributed by atoms with Crippen LogP contribution in [0.5, 0.6) is 0 Å². The number of benzene rings is 3. The summed E-state index contributed by atoms with van der Waals surface area (Å²) in [6.45, 7) is 0. The van der Waals surface area contributed by atoms with E-state index in [1.54, 1.807) is 0 Å². The van der Waals surface area contributed by atoms with Gasteiger partial charge in [-0.3, -0.25) is 0 Å². The van der Waals surface area contributed by atoms with Crippen molar-refractivity contribution < 1.29 is 0 Å². The normalized spacial score (nSPS) is 18.5. The van der Waals surface area contributed by atoms with Crippen molar-refractivity contribution in [2.24, 2.45) is 5.92 Å². The van der Waals surface area contributed by atoms with E-state index in [-0.39, 0.29) is 5.41 Å². The van der Waals surface area contributed by atoms with E-state index in [1.165, 1.54) is 44.7 Å². The highest BCUT2D eigenvalue weighted by atomic mass is 14.8. The molecule has 1 unspecified atom stereocenters. The Morgan fingerprint density at radius 3 is 1.58 bits per heavy atom. The molecule has 166 valence electrons. The van der Waals surface area contributed by atoms with Gasteiger partial charge in [0.15, 0.2) is 0 Å². The fourth-order valence-corrected chi connectivity index (χ4v) is 6.35. The highest BCUT2D eigenvalue weighted by Crippen LogP contribution is 2.66. The van der Waals surface area contributed by atoms with Gasteiger partial charge in [-0.15, -0.1) is 0 Å². The summed E-state index contributed by atoms with van der Waals surface area (Å²) in [6, 6.07) is 20.7. The molecule has 3 aliphatic rings. The van der Waals surface area contributed by atoms with Crippen LogP contribution in [0, 0.1) is 5.92 Å². The predicted molar refractivity (Wildman–Crippen MR) is 140 cm³/mol. The minimum absolute atomic E-state index is 0.241. The Morgan fingerprint density at radius 1 is 0.606 bits per heavy atom. The van der Waals surface area contributed by atoms with Crippen molar-refractivity contribution >= 4 is 22.6 Å². The van der Waals surface area contributed by atoms with Gasteiger partial charge in [0.25, 0.3) is 0 Å². The molecule has 0 saturated heterocycles. The zero-order chi connectivity index (χ0) is 22.7. The molecular weight excluding hydrogens is 404 g/mol. The Bertz CT molecular complexity index is 1290. The van der Waals surface area contributed by atoms with Gasteiger partial charge in [-0.1, -0.05) is 24.3 Å². The molecule has 0 saturated carbocycles. The second-order valence-corrected chi connectivity index (χ2v) is 9.16. The van der Waals surface area contributed by atoms with Crippen LogP contribution in [0.2, 0.25) is 0 Å². The SMILES string of the molecule is CNC1=CC=C2c3ccc(NC)cc3C3(c4cc(NC)ccc4-c4ccc(NC)cc43)C2C1. The topological polar surface area (TPSA) is 48.1 Å². The first kappa shape index (κ1) is 20.0. The zero-order valence-corrected chi connectivity index (χ0v) is 19.6. The Kier molecular flexibility index (Phi) is 4.34. The van der Waals surface area contributed by atoms with E-state index in [4.69, 9.17) is 0 Å². The summed E-state index contributed by atoms with van der Waals surface area (Å²) in [7, 11) is 8.05. The van der Waals surface area contributed by atoms with E-state index < -0.39 is 0 Å². The van der Waals surface area contributed by atoms with E-state index in [9.17, 15) is 0 Å². The Hall–Kier alpha value is -3.66. The Balaban J connectivity index is 1.76. The minimum atomic E-state index is -0.241. The summed E-state index contributed by atoms with van der Waals surface area (Å²) in [4.78, 5) is 0. The average Bonchev–Trinajstić information content (AvgIpc) is 3.33. The van der Waals surface area contributed by atoms with Gasteiger partial charge >= 0.3 is 0 Å². The van der Waals surface area contributed by atoms with E-state index in [0.717, 1.165) is 23.5 Å². The number of rotatable bonds is 4. The van der Waals surface area contributed by atoms with E-state index in [1.807, 2.05) is 28.2 Å². The summed E-state index contributed by atoms with van der Waals surface area (Å²) in [5.41, 5.74) is 14.2. The molecule has 0 aliphatic heterocycles. The predicted octanol–water partition coefficient (Wildman–Crippen LogP) is 5.65. The molecular formula is C29H30N4. The monoisotopic (exact) mass is 434 g/mol. The second-order valence-electron chi connectivity index (χ2n) is 9.16. The molecule has 33 heavy (non-hydrogen) atoms. The number of hydrogen-bond donors (Lipinski definition) is 4. The lowest BCUT2D eigenvalue weighted by atomic mass is 9.65. The van der Waals surface area contributed by atoms with Crippen LogP contribution in [0.1, 0.15) is 28.7 Å². The number of nitrogens with one attached hydrogen (secondary N) is 4. The van der Waals surface area contributed by atoms with Crippen molar-refractivity contribution in [2.45, 2.75) is 11.8 Å². The van der Waals surface area contributed by atoms with Crippen molar-refractivity contribution in [1.82, 2.24) is 5.32 Å². The standard InChI is InChI=1S/C29H30N4/c1-30-17-5-9-21-22-10-6-18(31-2)14-26(22)29(25(21)13-17)27-15-19(32-3)7-11-23(27)24-12-8-20(33-4)16-28(24)29/h5-15,28,30-33H,16H2,1-4H3. The first-order valence-corrected chi connectivity index (χ1v) is 11.7. The molecule has 6 rings (SSSR count). The number of anilines is 3. The highest BCUT2D eigenvalue weighted by Gasteiger charge is 2.57. The minimum Gasteiger partial charge on any atom is -0.391 e. The highest BCUT2D eigenvalue weighted by molar-refractivity contribution is 5.94. The van der Waals surface area contributed by atoms with Crippen LogP contribution in [0.15, 0.2) is 72.4 Å². The molecule has 3 aliphatic carbocycles. The fraction of sp³-hybridized carbons (Fsp3) is 0.241. The zero-order valence-electron chi connectivity index (χ0n) is 19.6. The molecule has 1 atom stereocenters. The van der Waals surface area contributed by atoms with Crippen LogP contribution in [0.25, 0.3) is 16.7 Å². The molecule has 4 nitrogen and oxygen atoms in total. The first-order chi connectivity index (χ1) is 16.1. The van der Waals surface area contributed by atoms with Crippen LogP contribution >= 0.6 is 0 Å². The van der Waals surface area contributed by atoms with E-state index in [2.05, 4.69) is 88.0 Å². The third-order valence-corrected chi connectivity index (χ3v) is 7.91. The summed E-state index contributed by atoms with van der Waals surface area (Å²) >= 11 is 0. The lowest BCUT2D eigenvalue weighted by molar-refractivity contribution is 0.477. The molecule has 0 fully saturated rings. The number of hydrogen-bond acceptors (Lipinski definition) is 4. The van der Waals surface area contributed by atoms with Gasteiger partial charge in [-0.05, 0) is 87.8 Å². The summed E-state index contributed by atoms with van der Waals surface area (Å²) in [6.07, 6.45) is 5.58. The van der Waals surface area contributed by atoms with Gasteiger partial charge in [0.2, 0.25) is 0 Å². The van der Waals surface area contributed by atoms with Crippen molar-refractivity contribution in [1.29, 1.82) is 0 Å². The van der Waals surface area contributed by atoms with Crippen LogP contribution in [0.3, 0.4) is 0 Å². The summed E-state index contributed by atoms with van der Waals surface area (Å²) in [5, 5.41) is 13.6. The smallest absolute Gasteiger partial charge is 0.0544 e. The van der Waals surface area contributed by atoms with Crippen molar-refractivity contribution in [3.8, 4) is 11.1 Å². The van der Waals surface area contributed by atoms with E-state index >= 15 is 0 Å². The Labute approximate surface area is 195 Å². The van der Waals surface area contributed by atoms with Crippen LogP contribution in [0.4, 0.5) is 17.1 Å². The van der Waals surface area contributed by atoms with Crippen LogP contribution in [-0.2, 0) is 5.41 Å². The lowest BCUT2D eigenvalue weighted by Gasteiger charge is -2.37. The summed E-state index contributed by atoms with van der Waals surface area (Å²) in [5.74, 6) is 0.325. The molecule has 1 spiro atoms. The quantitative estimate of drug-likeness (QED) is 0.429. The Morgan fingerprint density at radius 2 is 1.09 bits per heavy atom. The molecule has 0 amide bonds. The van der Waals surface area contributed by atoms with E-state index in [0.29, 0.717) is 5.92 Å². The fourth-order valence-electron chi connectivity index (χ4n) is 6.35.